The van der Waals surface area contributed by atoms with Crippen molar-refractivity contribution in [3.05, 3.63) is 67.1 Å². The third-order valence-electron chi connectivity index (χ3n) is 15.3. The van der Waals surface area contributed by atoms with Gasteiger partial charge in [-0.15, -0.1) is 45.3 Å². The summed E-state index contributed by atoms with van der Waals surface area (Å²) in [5, 5.41) is 0. The first-order valence-corrected chi connectivity index (χ1v) is 32.3. The van der Waals surface area contributed by atoms with Gasteiger partial charge in [-0.25, -0.2) is 0 Å². The van der Waals surface area contributed by atoms with Crippen molar-refractivity contribution in [2.75, 3.05) is 13.1 Å². The van der Waals surface area contributed by atoms with Crippen LogP contribution in [0.4, 0.5) is 0 Å². The van der Waals surface area contributed by atoms with Gasteiger partial charge in [-0.1, -0.05) is 207 Å². The van der Waals surface area contributed by atoms with E-state index in [-0.39, 0.29) is 18.0 Å². The number of nitrogens with zero attached hydrogens (tertiary/aromatic N) is 2. The molecule has 6 rings (SSSR count). The maximum absolute atomic E-state index is 15.7. The third kappa shape index (κ3) is 17.8. The minimum atomic E-state index is 0. The van der Waals surface area contributed by atoms with Gasteiger partial charge in [-0.05, 0) is 87.8 Å². The summed E-state index contributed by atoms with van der Waals surface area (Å²) < 4.78 is 2.69. The van der Waals surface area contributed by atoms with Gasteiger partial charge < -0.3 is 16.0 Å². The van der Waals surface area contributed by atoms with Crippen molar-refractivity contribution in [2.24, 2.45) is 11.8 Å². The molecule has 0 aromatic carbocycles. The number of amides is 2. The molecule has 2 atom stereocenters. The van der Waals surface area contributed by atoms with E-state index in [1.54, 1.807) is 22.7 Å². The zero-order valence-corrected chi connectivity index (χ0v) is 49.0. The minimum absolute atomic E-state index is 0. The highest BCUT2D eigenvalue weighted by atomic mass is 32.1. The van der Waals surface area contributed by atoms with Crippen LogP contribution in [-0.2, 0) is 9.59 Å². The molecule has 9 heteroatoms. The lowest BCUT2D eigenvalue weighted by Gasteiger charge is -2.29. The zero-order chi connectivity index (χ0) is 49.5. The van der Waals surface area contributed by atoms with Crippen molar-refractivity contribution in [3.8, 4) is 9.75 Å². The summed E-state index contributed by atoms with van der Waals surface area (Å²) in [5.74, 6) is 0.940. The normalized spacial score (nSPS) is 14.8. The summed E-state index contributed by atoms with van der Waals surface area (Å²) in [7, 11) is 0. The Labute approximate surface area is 449 Å². The Morgan fingerprint density at radius 1 is 0.380 bits per heavy atom. The summed E-state index contributed by atoms with van der Waals surface area (Å²) in [6, 6.07) is 13.5. The van der Waals surface area contributed by atoms with E-state index in [2.05, 4.69) is 87.7 Å². The van der Waals surface area contributed by atoms with E-state index in [9.17, 15) is 0 Å². The van der Waals surface area contributed by atoms with Crippen molar-refractivity contribution < 1.29 is 9.59 Å². The maximum Gasteiger partial charge on any atom is 0.261 e. The molecule has 0 aliphatic carbocycles. The Kier molecular flexibility index (Phi) is 27.3. The highest BCUT2D eigenvalue weighted by molar-refractivity contribution is 7.31. The number of hydrogen-bond acceptors (Lipinski definition) is 7. The second kappa shape index (κ2) is 32.7. The monoisotopic (exact) mass is 1040 g/mol. The summed E-state index contributed by atoms with van der Waals surface area (Å²) in [5.41, 5.74) is 3.15. The highest BCUT2D eigenvalue weighted by Gasteiger charge is 2.50. The fourth-order valence-electron chi connectivity index (χ4n) is 11.2. The standard InChI is InChI=1S/C62H94N2O2S4.H3N/c1-7-11-15-19-23-25-29-33-37-49(35-31-27-21-17-13-9-3)45-63-59(52-40-39-47(5)67-52)57-58(62(63)66)60(53-42-41-51(69-53)55-44-56-54(70-55)43-48(6)68-56)64(61(57)65)46-50(36-32-28-22-18-14-10-4)38-34-30-26-24-20-16-12-8-2;/h39-44,49-50H,7-38,45-46H2,1-6H3;1H3. The van der Waals surface area contributed by atoms with Crippen molar-refractivity contribution in [1.82, 2.24) is 16.0 Å². The van der Waals surface area contributed by atoms with Crippen LogP contribution in [0.1, 0.15) is 253 Å². The summed E-state index contributed by atoms with van der Waals surface area (Å²) in [4.78, 5) is 42.9. The van der Waals surface area contributed by atoms with Gasteiger partial charge in [0, 0.05) is 42.0 Å². The smallest absolute Gasteiger partial charge is 0.261 e. The lowest BCUT2D eigenvalue weighted by Crippen LogP contribution is -2.34. The van der Waals surface area contributed by atoms with Crippen molar-refractivity contribution >= 4 is 78.0 Å². The number of rotatable bonds is 39. The molecular formula is C62H97N3O2S4. The van der Waals surface area contributed by atoms with E-state index in [1.807, 2.05) is 22.7 Å². The first kappa shape index (κ1) is 59.3. The van der Waals surface area contributed by atoms with Gasteiger partial charge in [-0.3, -0.25) is 9.59 Å². The van der Waals surface area contributed by atoms with E-state index in [4.69, 9.17) is 0 Å². The molecule has 71 heavy (non-hydrogen) atoms. The first-order chi connectivity index (χ1) is 34.3. The number of carbonyl (C=O) groups is 2. The molecular weight excluding hydrogens is 947 g/mol. The lowest BCUT2D eigenvalue weighted by molar-refractivity contribution is -0.124. The molecule has 2 amide bonds. The van der Waals surface area contributed by atoms with Crippen LogP contribution in [0.25, 0.3) is 30.5 Å². The van der Waals surface area contributed by atoms with Crippen molar-refractivity contribution in [1.29, 1.82) is 0 Å². The summed E-state index contributed by atoms with van der Waals surface area (Å²) >= 11 is 7.26. The molecule has 0 radical (unpaired) electrons. The average Bonchev–Trinajstić information content (AvgIpc) is 4.22. The fourth-order valence-corrected chi connectivity index (χ4v) is 15.6. The molecule has 2 unspecified atom stereocenters. The van der Waals surface area contributed by atoms with E-state index in [0.717, 1.165) is 46.8 Å². The van der Waals surface area contributed by atoms with Crippen LogP contribution >= 0.6 is 45.3 Å². The molecule has 2 aliphatic heterocycles. The minimum Gasteiger partial charge on any atom is -0.344 e. The van der Waals surface area contributed by atoms with Crippen LogP contribution in [0, 0.1) is 25.7 Å². The molecule has 6 heterocycles. The van der Waals surface area contributed by atoms with E-state index >= 15 is 9.59 Å². The van der Waals surface area contributed by atoms with Crippen LogP contribution < -0.4 is 6.15 Å². The molecule has 4 aromatic heterocycles. The van der Waals surface area contributed by atoms with Crippen LogP contribution in [-0.4, -0.2) is 34.7 Å². The largest absolute Gasteiger partial charge is 0.344 e. The van der Waals surface area contributed by atoms with Gasteiger partial charge in [0.15, 0.2) is 0 Å². The van der Waals surface area contributed by atoms with Gasteiger partial charge in [0.2, 0.25) is 0 Å². The molecule has 5 nitrogen and oxygen atoms in total. The number of hydrogen-bond donors (Lipinski definition) is 1. The Hall–Kier alpha value is -2.56. The van der Waals surface area contributed by atoms with Gasteiger partial charge in [-0.2, -0.15) is 0 Å². The van der Waals surface area contributed by atoms with Crippen LogP contribution in [0.5, 0.6) is 0 Å². The predicted octanol–water partition coefficient (Wildman–Crippen LogP) is 21.1. The van der Waals surface area contributed by atoms with Gasteiger partial charge in [0.25, 0.3) is 11.8 Å². The van der Waals surface area contributed by atoms with Gasteiger partial charge in [0.1, 0.15) is 0 Å². The second-order valence-electron chi connectivity index (χ2n) is 21.4. The van der Waals surface area contributed by atoms with E-state index < -0.39 is 0 Å². The molecule has 396 valence electrons. The molecule has 0 saturated carbocycles. The molecule has 0 spiro atoms. The van der Waals surface area contributed by atoms with Gasteiger partial charge in [0.05, 0.1) is 32.3 Å². The molecule has 4 aromatic rings. The van der Waals surface area contributed by atoms with E-state index in [1.165, 1.54) is 209 Å². The molecule has 3 N–H and O–H groups in total. The zero-order valence-electron chi connectivity index (χ0n) is 45.7. The highest BCUT2D eigenvalue weighted by Crippen LogP contribution is 2.51. The Morgan fingerprint density at radius 3 is 1.11 bits per heavy atom. The maximum atomic E-state index is 15.7. The lowest BCUT2D eigenvalue weighted by atomic mass is 9.93. The third-order valence-corrected chi connectivity index (χ3v) is 19.8. The number of thiophene rings is 4. The summed E-state index contributed by atoms with van der Waals surface area (Å²) in [6.07, 6.45) is 41.0. The topological polar surface area (TPSA) is 75.6 Å². The van der Waals surface area contributed by atoms with E-state index in [0.29, 0.717) is 36.1 Å². The predicted molar refractivity (Wildman–Crippen MR) is 317 cm³/mol. The SMILES string of the molecule is CCCCCCCCCCC(CCCCCCCC)CN1C(=O)C2=C(c3ccc(-c4cc5sc(C)cc5s4)s3)N(CC(CCCCCCCC)CCCCCCCCCC)C(=O)C2=C1c1ccc(C)s1.N. The molecule has 0 saturated heterocycles. The van der Waals surface area contributed by atoms with Crippen molar-refractivity contribution in [3.63, 3.8) is 0 Å². The summed E-state index contributed by atoms with van der Waals surface area (Å²) in [6.45, 7) is 14.9. The number of unbranched alkanes of at least 4 members (excludes halogenated alkanes) is 24. The Morgan fingerprint density at radius 2 is 0.732 bits per heavy atom. The molecule has 2 aliphatic rings. The average molecular weight is 1040 g/mol. The van der Waals surface area contributed by atoms with Crippen molar-refractivity contribution in [2.45, 2.75) is 247 Å². The Bertz CT molecular complexity index is 2190. The molecule has 0 bridgehead atoms. The number of carbonyl (C=O) groups excluding carboxylic acids is 2. The first-order valence-electron chi connectivity index (χ1n) is 29.1. The van der Waals surface area contributed by atoms with Crippen LogP contribution in [0.3, 0.4) is 0 Å². The number of fused-ring (bicyclic) bond motifs is 2. The fraction of sp³-hybridized carbons (Fsp3) is 0.677. The molecule has 0 fully saturated rings. The second-order valence-corrected chi connectivity index (χ2v) is 26.2. The van der Waals surface area contributed by atoms with Crippen LogP contribution in [0.15, 0.2) is 47.5 Å². The number of aryl methyl sites for hydroxylation is 2. The van der Waals surface area contributed by atoms with Gasteiger partial charge >= 0.3 is 0 Å². The Balaban J connectivity index is 0.00000937. The quantitative estimate of drug-likeness (QED) is 0.0453. The van der Waals surface area contributed by atoms with Crippen LogP contribution in [0.2, 0.25) is 0 Å².